The molecule has 0 saturated heterocycles. The van der Waals surface area contributed by atoms with Crippen LogP contribution in [0.2, 0.25) is 0 Å². The summed E-state index contributed by atoms with van der Waals surface area (Å²) in [5.74, 6) is 0. The molecule has 0 radical (unpaired) electrons. The monoisotopic (exact) mass is 275 g/mol. The van der Waals surface area contributed by atoms with Gasteiger partial charge in [0.2, 0.25) is 0 Å². The molecular weight excluding hydrogens is 262 g/mol. The molecule has 1 aliphatic rings. The average molecular weight is 276 g/mol. The minimum absolute atomic E-state index is 0.263. The van der Waals surface area contributed by atoms with Crippen molar-refractivity contribution in [3.05, 3.63) is 20.8 Å². The quantitative estimate of drug-likeness (QED) is 0.893. The van der Waals surface area contributed by atoms with Crippen LogP contribution in [0.15, 0.2) is 15.9 Å². The standard InChI is InChI=1S/C10H14BrNOS/c11-9-3-6-14-10(9)7-12(4-5-13)8-1-2-8/h3,6,8,13H,1-2,4-5,7H2. The number of thiophene rings is 1. The number of aliphatic hydroxyl groups excluding tert-OH is 1. The number of nitrogens with zero attached hydrogens (tertiary/aromatic N) is 1. The molecule has 78 valence electrons. The van der Waals surface area contributed by atoms with Gasteiger partial charge in [-0.25, -0.2) is 0 Å². The highest BCUT2D eigenvalue weighted by Crippen LogP contribution is 2.31. The van der Waals surface area contributed by atoms with Crippen LogP contribution in [0.25, 0.3) is 0 Å². The summed E-state index contributed by atoms with van der Waals surface area (Å²) in [4.78, 5) is 3.74. The molecule has 1 heterocycles. The van der Waals surface area contributed by atoms with Crippen molar-refractivity contribution in [1.29, 1.82) is 0 Å². The Balaban J connectivity index is 1.96. The molecule has 0 aromatic carbocycles. The normalized spacial score (nSPS) is 16.5. The highest BCUT2D eigenvalue weighted by molar-refractivity contribution is 9.10. The number of aliphatic hydroxyl groups is 1. The Labute approximate surface area is 96.7 Å². The van der Waals surface area contributed by atoms with E-state index in [2.05, 4.69) is 32.3 Å². The van der Waals surface area contributed by atoms with E-state index in [9.17, 15) is 0 Å². The number of rotatable bonds is 5. The molecular formula is C10H14BrNOS. The maximum atomic E-state index is 8.96. The summed E-state index contributed by atoms with van der Waals surface area (Å²) >= 11 is 5.32. The van der Waals surface area contributed by atoms with E-state index in [1.807, 2.05) is 0 Å². The molecule has 1 aromatic heterocycles. The highest BCUT2D eigenvalue weighted by Gasteiger charge is 2.28. The molecule has 2 nitrogen and oxygen atoms in total. The van der Waals surface area contributed by atoms with Gasteiger partial charge in [-0.3, -0.25) is 4.90 Å². The maximum Gasteiger partial charge on any atom is 0.0558 e. The Hall–Kier alpha value is 0.100. The molecule has 1 N–H and O–H groups in total. The van der Waals surface area contributed by atoms with Gasteiger partial charge in [-0.2, -0.15) is 0 Å². The van der Waals surface area contributed by atoms with Gasteiger partial charge in [-0.05, 0) is 40.2 Å². The largest absolute Gasteiger partial charge is 0.395 e. The van der Waals surface area contributed by atoms with E-state index in [1.54, 1.807) is 11.3 Å². The predicted molar refractivity (Wildman–Crippen MR) is 62.5 cm³/mol. The average Bonchev–Trinajstić information content (AvgIpc) is 2.93. The smallest absolute Gasteiger partial charge is 0.0558 e. The Morgan fingerprint density at radius 3 is 2.86 bits per heavy atom. The second kappa shape index (κ2) is 4.75. The fourth-order valence-electron chi connectivity index (χ4n) is 1.58. The summed E-state index contributed by atoms with van der Waals surface area (Å²) in [7, 11) is 0. The van der Waals surface area contributed by atoms with E-state index in [0.717, 1.165) is 19.1 Å². The SMILES string of the molecule is OCCN(Cc1sccc1Br)C1CC1. The Morgan fingerprint density at radius 1 is 1.57 bits per heavy atom. The zero-order chi connectivity index (χ0) is 9.97. The molecule has 4 heteroatoms. The van der Waals surface area contributed by atoms with Crippen LogP contribution in [-0.2, 0) is 6.54 Å². The van der Waals surface area contributed by atoms with Crippen molar-refractivity contribution in [2.75, 3.05) is 13.2 Å². The lowest BCUT2D eigenvalue weighted by Gasteiger charge is -2.19. The highest BCUT2D eigenvalue weighted by atomic mass is 79.9. The zero-order valence-corrected chi connectivity index (χ0v) is 10.4. The van der Waals surface area contributed by atoms with Crippen LogP contribution in [0.5, 0.6) is 0 Å². The number of hydrogen-bond donors (Lipinski definition) is 1. The molecule has 0 amide bonds. The fourth-order valence-corrected chi connectivity index (χ4v) is 3.08. The maximum absolute atomic E-state index is 8.96. The summed E-state index contributed by atoms with van der Waals surface area (Å²) in [5.41, 5.74) is 0. The Morgan fingerprint density at radius 2 is 2.36 bits per heavy atom. The minimum Gasteiger partial charge on any atom is -0.395 e. The lowest BCUT2D eigenvalue weighted by atomic mass is 10.4. The summed E-state index contributed by atoms with van der Waals surface area (Å²) < 4.78 is 1.20. The number of halogens is 1. The molecule has 0 atom stereocenters. The van der Waals surface area contributed by atoms with Crippen LogP contribution in [0, 0.1) is 0 Å². The van der Waals surface area contributed by atoms with Crippen molar-refractivity contribution in [2.45, 2.75) is 25.4 Å². The van der Waals surface area contributed by atoms with Gasteiger partial charge in [0, 0.05) is 28.5 Å². The molecule has 1 fully saturated rings. The molecule has 0 bridgehead atoms. The molecule has 0 aliphatic heterocycles. The first-order valence-corrected chi connectivity index (χ1v) is 6.55. The van der Waals surface area contributed by atoms with E-state index in [-0.39, 0.29) is 6.61 Å². The summed E-state index contributed by atoms with van der Waals surface area (Å²) in [6.45, 7) is 2.04. The van der Waals surface area contributed by atoms with Gasteiger partial charge in [0.15, 0.2) is 0 Å². The van der Waals surface area contributed by atoms with Crippen molar-refractivity contribution in [2.24, 2.45) is 0 Å². The summed E-state index contributed by atoms with van der Waals surface area (Å²) in [6.07, 6.45) is 2.59. The lowest BCUT2D eigenvalue weighted by molar-refractivity contribution is 0.184. The van der Waals surface area contributed by atoms with Gasteiger partial charge < -0.3 is 5.11 Å². The third kappa shape index (κ3) is 2.57. The summed E-state index contributed by atoms with van der Waals surface area (Å²) in [5, 5.41) is 11.1. The van der Waals surface area contributed by atoms with Crippen LogP contribution in [-0.4, -0.2) is 29.2 Å². The first-order chi connectivity index (χ1) is 6.81. The third-order valence-electron chi connectivity index (χ3n) is 2.49. The van der Waals surface area contributed by atoms with E-state index < -0.39 is 0 Å². The van der Waals surface area contributed by atoms with E-state index in [1.165, 1.54) is 22.2 Å². The molecule has 1 saturated carbocycles. The predicted octanol–water partition coefficient (Wildman–Crippen LogP) is 2.47. The first-order valence-electron chi connectivity index (χ1n) is 4.88. The minimum atomic E-state index is 0.263. The van der Waals surface area contributed by atoms with Gasteiger partial charge in [0.25, 0.3) is 0 Å². The van der Waals surface area contributed by atoms with Crippen molar-refractivity contribution in [1.82, 2.24) is 4.90 Å². The van der Waals surface area contributed by atoms with Crippen molar-refractivity contribution < 1.29 is 5.11 Å². The van der Waals surface area contributed by atoms with E-state index in [4.69, 9.17) is 5.11 Å². The van der Waals surface area contributed by atoms with E-state index >= 15 is 0 Å². The first kappa shape index (κ1) is 10.6. The second-order valence-electron chi connectivity index (χ2n) is 3.62. The molecule has 0 unspecified atom stereocenters. The zero-order valence-electron chi connectivity index (χ0n) is 7.95. The second-order valence-corrected chi connectivity index (χ2v) is 5.47. The van der Waals surface area contributed by atoms with Gasteiger partial charge in [0.05, 0.1) is 6.61 Å². The third-order valence-corrected chi connectivity index (χ3v) is 4.40. The Kier molecular flexibility index (Phi) is 3.60. The van der Waals surface area contributed by atoms with E-state index in [0.29, 0.717) is 0 Å². The Bertz CT molecular complexity index is 298. The molecule has 2 rings (SSSR count). The van der Waals surface area contributed by atoms with Gasteiger partial charge >= 0.3 is 0 Å². The van der Waals surface area contributed by atoms with Crippen molar-refractivity contribution in [3.8, 4) is 0 Å². The lowest BCUT2D eigenvalue weighted by Crippen LogP contribution is -2.28. The van der Waals surface area contributed by atoms with Crippen LogP contribution >= 0.6 is 27.3 Å². The van der Waals surface area contributed by atoms with Crippen LogP contribution in [0.3, 0.4) is 0 Å². The molecule has 0 spiro atoms. The molecule has 14 heavy (non-hydrogen) atoms. The van der Waals surface area contributed by atoms with Gasteiger partial charge in [0.1, 0.15) is 0 Å². The van der Waals surface area contributed by atoms with Crippen LogP contribution in [0.4, 0.5) is 0 Å². The number of hydrogen-bond acceptors (Lipinski definition) is 3. The molecule has 1 aliphatic carbocycles. The van der Waals surface area contributed by atoms with Gasteiger partial charge in [-0.15, -0.1) is 11.3 Å². The molecule has 1 aromatic rings. The van der Waals surface area contributed by atoms with Gasteiger partial charge in [-0.1, -0.05) is 0 Å². The van der Waals surface area contributed by atoms with Crippen molar-refractivity contribution in [3.63, 3.8) is 0 Å². The summed E-state index contributed by atoms with van der Waals surface area (Å²) in [6, 6.07) is 2.81. The van der Waals surface area contributed by atoms with Crippen LogP contribution < -0.4 is 0 Å². The topological polar surface area (TPSA) is 23.5 Å². The van der Waals surface area contributed by atoms with Crippen molar-refractivity contribution >= 4 is 27.3 Å². The fraction of sp³-hybridized carbons (Fsp3) is 0.600. The van der Waals surface area contributed by atoms with Crippen LogP contribution in [0.1, 0.15) is 17.7 Å².